The summed E-state index contributed by atoms with van der Waals surface area (Å²) >= 11 is 3.32. The summed E-state index contributed by atoms with van der Waals surface area (Å²) in [4.78, 5) is 2.36. The number of hydrogen-bond acceptors (Lipinski definition) is 2. The maximum Gasteiger partial charge on any atom is 0.129 e. The second kappa shape index (κ2) is 6.12. The molecular weight excluding hydrogens is 319 g/mol. The summed E-state index contributed by atoms with van der Waals surface area (Å²) in [6.45, 7) is 7.50. The fourth-order valence-corrected chi connectivity index (χ4v) is 3.42. The second-order valence-corrected chi connectivity index (χ2v) is 7.55. The first-order chi connectivity index (χ1) is 9.30. The smallest absolute Gasteiger partial charge is 0.129 e. The van der Waals surface area contributed by atoms with Gasteiger partial charge in [-0.2, -0.15) is 0 Å². The Labute approximate surface area is 129 Å². The molecule has 0 spiro atoms. The third kappa shape index (κ3) is 3.41. The lowest BCUT2D eigenvalue weighted by Crippen LogP contribution is -2.49. The molecular formula is C16H24BrFN2. The zero-order chi connectivity index (χ0) is 14.9. The van der Waals surface area contributed by atoms with E-state index < -0.39 is 0 Å². The van der Waals surface area contributed by atoms with Crippen LogP contribution < -0.4 is 5.73 Å². The molecule has 1 saturated heterocycles. The number of nitrogens with zero attached hydrogens (tertiary/aromatic N) is 1. The Morgan fingerprint density at radius 2 is 2.00 bits per heavy atom. The van der Waals surface area contributed by atoms with Gasteiger partial charge in [-0.1, -0.05) is 28.4 Å². The van der Waals surface area contributed by atoms with Crippen LogP contribution in [-0.4, -0.2) is 23.0 Å². The molecule has 2 unspecified atom stereocenters. The Hall–Kier alpha value is -0.450. The van der Waals surface area contributed by atoms with Crippen LogP contribution >= 0.6 is 15.9 Å². The van der Waals surface area contributed by atoms with E-state index in [1.54, 1.807) is 0 Å². The van der Waals surface area contributed by atoms with Gasteiger partial charge in [-0.3, -0.25) is 4.90 Å². The molecule has 1 aromatic rings. The highest BCUT2D eigenvalue weighted by molar-refractivity contribution is 9.10. The highest BCUT2D eigenvalue weighted by Crippen LogP contribution is 2.36. The van der Waals surface area contributed by atoms with Gasteiger partial charge in [0.25, 0.3) is 0 Å². The van der Waals surface area contributed by atoms with Crippen molar-refractivity contribution >= 4 is 15.9 Å². The normalized spacial score (nSPS) is 25.5. The van der Waals surface area contributed by atoms with Crippen LogP contribution in [0.25, 0.3) is 0 Å². The molecule has 4 heteroatoms. The number of benzene rings is 1. The Balaban J connectivity index is 2.45. The molecule has 0 amide bonds. The standard InChI is InChI=1S/C16H24BrFN2/c1-16(2,3)20-9-5-4-6-14(19)15(20)12-8-7-11(17)10-13(12)18/h7-8,10,14-15H,4-6,9,19H2,1-3H3. The van der Waals surface area contributed by atoms with Gasteiger partial charge in [0.2, 0.25) is 0 Å². The van der Waals surface area contributed by atoms with Crippen LogP contribution in [0.2, 0.25) is 0 Å². The van der Waals surface area contributed by atoms with Crippen LogP contribution in [0.5, 0.6) is 0 Å². The summed E-state index contributed by atoms with van der Waals surface area (Å²) in [6.07, 6.45) is 3.19. The molecule has 1 fully saturated rings. The highest BCUT2D eigenvalue weighted by atomic mass is 79.9. The number of hydrogen-bond donors (Lipinski definition) is 1. The number of likely N-dealkylation sites (tertiary alicyclic amines) is 1. The van der Waals surface area contributed by atoms with E-state index in [-0.39, 0.29) is 23.4 Å². The first-order valence-corrected chi connectivity index (χ1v) is 8.07. The molecule has 0 bridgehead atoms. The summed E-state index contributed by atoms with van der Waals surface area (Å²) < 4.78 is 15.2. The molecule has 0 saturated carbocycles. The molecule has 1 aliphatic rings. The first-order valence-electron chi connectivity index (χ1n) is 7.28. The van der Waals surface area contributed by atoms with Gasteiger partial charge < -0.3 is 5.73 Å². The lowest BCUT2D eigenvalue weighted by molar-refractivity contribution is 0.0735. The fraction of sp³-hybridized carbons (Fsp3) is 0.625. The summed E-state index contributed by atoms with van der Waals surface area (Å²) in [5.74, 6) is -0.170. The van der Waals surface area contributed by atoms with Crippen molar-refractivity contribution in [3.05, 3.63) is 34.1 Å². The van der Waals surface area contributed by atoms with Crippen LogP contribution in [0.15, 0.2) is 22.7 Å². The van der Waals surface area contributed by atoms with Crippen LogP contribution in [0.3, 0.4) is 0 Å². The molecule has 0 aromatic heterocycles. The molecule has 2 atom stereocenters. The molecule has 112 valence electrons. The Morgan fingerprint density at radius 1 is 1.30 bits per heavy atom. The van der Waals surface area contributed by atoms with E-state index in [2.05, 4.69) is 41.6 Å². The van der Waals surface area contributed by atoms with Crippen molar-refractivity contribution in [1.29, 1.82) is 0 Å². The SMILES string of the molecule is CC(C)(C)N1CCCCC(N)C1c1ccc(Br)cc1F. The third-order valence-electron chi connectivity index (χ3n) is 4.07. The van der Waals surface area contributed by atoms with Gasteiger partial charge in [0.05, 0.1) is 6.04 Å². The van der Waals surface area contributed by atoms with E-state index in [0.717, 1.165) is 35.8 Å². The quantitative estimate of drug-likeness (QED) is 0.826. The molecule has 2 nitrogen and oxygen atoms in total. The lowest BCUT2D eigenvalue weighted by atomic mass is 9.92. The molecule has 0 aliphatic carbocycles. The van der Waals surface area contributed by atoms with Crippen molar-refractivity contribution in [3.8, 4) is 0 Å². The minimum atomic E-state index is -0.170. The van der Waals surface area contributed by atoms with Crippen LogP contribution in [0.1, 0.15) is 51.6 Å². The van der Waals surface area contributed by atoms with Crippen LogP contribution in [0.4, 0.5) is 4.39 Å². The molecule has 1 aliphatic heterocycles. The van der Waals surface area contributed by atoms with Gasteiger partial charge in [-0.15, -0.1) is 0 Å². The van der Waals surface area contributed by atoms with Gasteiger partial charge >= 0.3 is 0 Å². The van der Waals surface area contributed by atoms with Gasteiger partial charge in [0.15, 0.2) is 0 Å². The monoisotopic (exact) mass is 342 g/mol. The molecule has 1 aromatic carbocycles. The predicted octanol–water partition coefficient (Wildman–Crippen LogP) is 4.24. The van der Waals surface area contributed by atoms with Crippen LogP contribution in [-0.2, 0) is 0 Å². The van der Waals surface area contributed by atoms with E-state index in [1.165, 1.54) is 6.07 Å². The van der Waals surface area contributed by atoms with Crippen molar-refractivity contribution in [1.82, 2.24) is 4.90 Å². The fourth-order valence-electron chi connectivity index (χ4n) is 3.08. The third-order valence-corrected chi connectivity index (χ3v) is 4.56. The zero-order valence-corrected chi connectivity index (χ0v) is 14.1. The maximum absolute atomic E-state index is 14.4. The summed E-state index contributed by atoms with van der Waals surface area (Å²) in [5.41, 5.74) is 7.08. The van der Waals surface area contributed by atoms with E-state index >= 15 is 0 Å². The predicted molar refractivity (Wildman–Crippen MR) is 85.1 cm³/mol. The molecule has 20 heavy (non-hydrogen) atoms. The highest BCUT2D eigenvalue weighted by Gasteiger charge is 2.36. The van der Waals surface area contributed by atoms with Crippen molar-refractivity contribution in [3.63, 3.8) is 0 Å². The minimum Gasteiger partial charge on any atom is -0.326 e. The number of nitrogens with two attached hydrogens (primary N) is 1. The van der Waals surface area contributed by atoms with Gasteiger partial charge in [0.1, 0.15) is 5.82 Å². The molecule has 2 N–H and O–H groups in total. The Bertz CT molecular complexity index is 470. The second-order valence-electron chi connectivity index (χ2n) is 6.63. The van der Waals surface area contributed by atoms with Gasteiger partial charge in [-0.25, -0.2) is 4.39 Å². The van der Waals surface area contributed by atoms with E-state index in [4.69, 9.17) is 5.73 Å². The van der Waals surface area contributed by atoms with Crippen molar-refractivity contribution in [2.24, 2.45) is 5.73 Å². The number of halogens is 2. The molecule has 1 heterocycles. The number of rotatable bonds is 1. The Kier molecular flexibility index (Phi) is 4.88. The summed E-state index contributed by atoms with van der Waals surface area (Å²) in [6, 6.07) is 5.23. The average Bonchev–Trinajstić information content (AvgIpc) is 2.51. The maximum atomic E-state index is 14.4. The first kappa shape index (κ1) is 15.9. The largest absolute Gasteiger partial charge is 0.326 e. The Morgan fingerprint density at radius 3 is 2.60 bits per heavy atom. The summed E-state index contributed by atoms with van der Waals surface area (Å²) in [7, 11) is 0. The van der Waals surface area contributed by atoms with Crippen LogP contribution in [0, 0.1) is 5.82 Å². The molecule has 2 rings (SSSR count). The minimum absolute atomic E-state index is 0.0209. The topological polar surface area (TPSA) is 29.3 Å². The van der Waals surface area contributed by atoms with Crippen molar-refractivity contribution in [2.75, 3.05) is 6.54 Å². The van der Waals surface area contributed by atoms with E-state index in [1.807, 2.05) is 12.1 Å². The zero-order valence-electron chi connectivity index (χ0n) is 12.5. The summed E-state index contributed by atoms with van der Waals surface area (Å²) in [5, 5.41) is 0. The average molecular weight is 343 g/mol. The molecule has 0 radical (unpaired) electrons. The van der Waals surface area contributed by atoms with Gasteiger partial charge in [-0.05, 0) is 52.3 Å². The van der Waals surface area contributed by atoms with E-state index in [0.29, 0.717) is 0 Å². The lowest BCUT2D eigenvalue weighted by Gasteiger charge is -2.43. The van der Waals surface area contributed by atoms with Gasteiger partial charge in [0, 0.05) is 21.6 Å². The van der Waals surface area contributed by atoms with Crippen molar-refractivity contribution < 1.29 is 4.39 Å². The van der Waals surface area contributed by atoms with E-state index in [9.17, 15) is 4.39 Å². The van der Waals surface area contributed by atoms with Crippen molar-refractivity contribution in [2.45, 2.75) is 57.7 Å².